The second-order valence-corrected chi connectivity index (χ2v) is 7.03. The normalized spacial score (nSPS) is 28.8. The molecule has 2 saturated heterocycles. The number of carbonyl (C=O) groups excluding carboxylic acids is 1. The summed E-state index contributed by atoms with van der Waals surface area (Å²) in [6.07, 6.45) is 1.05. The molecule has 3 unspecified atom stereocenters. The van der Waals surface area contributed by atoms with Gasteiger partial charge in [-0.25, -0.2) is 0 Å². The van der Waals surface area contributed by atoms with Gasteiger partial charge < -0.3 is 10.2 Å². The van der Waals surface area contributed by atoms with Gasteiger partial charge in [-0.3, -0.25) is 4.79 Å². The summed E-state index contributed by atoms with van der Waals surface area (Å²) in [5.41, 5.74) is 2.06. The Morgan fingerprint density at radius 1 is 1.45 bits per heavy atom. The van der Waals surface area contributed by atoms with Crippen LogP contribution in [0.1, 0.15) is 29.3 Å². The predicted molar refractivity (Wildman–Crippen MR) is 88.9 cm³/mol. The number of halogens is 1. The third kappa shape index (κ3) is 2.26. The van der Waals surface area contributed by atoms with Crippen molar-refractivity contribution in [2.45, 2.75) is 26.3 Å². The highest BCUT2D eigenvalue weighted by atomic mass is 127. The fourth-order valence-corrected chi connectivity index (χ4v) is 4.34. The largest absolute Gasteiger partial charge is 0.335 e. The van der Waals surface area contributed by atoms with Crippen molar-refractivity contribution >= 4 is 28.5 Å². The Morgan fingerprint density at radius 2 is 2.25 bits per heavy atom. The number of aryl methyl sites for hydroxylation is 1. The number of benzene rings is 1. The van der Waals surface area contributed by atoms with Gasteiger partial charge >= 0.3 is 0 Å². The SMILES string of the molecule is CCC1C2CNCC2CN1C(=O)c1cccc(C)c1I. The lowest BCUT2D eigenvalue weighted by molar-refractivity contribution is 0.0710. The van der Waals surface area contributed by atoms with E-state index in [-0.39, 0.29) is 5.91 Å². The molecule has 2 aliphatic rings. The van der Waals surface area contributed by atoms with Gasteiger partial charge in [-0.1, -0.05) is 19.1 Å². The van der Waals surface area contributed by atoms with Gasteiger partial charge in [-0.15, -0.1) is 0 Å². The van der Waals surface area contributed by atoms with Crippen molar-refractivity contribution in [3.63, 3.8) is 0 Å². The van der Waals surface area contributed by atoms with E-state index in [0.29, 0.717) is 17.9 Å². The van der Waals surface area contributed by atoms with Gasteiger partial charge in [0.2, 0.25) is 0 Å². The molecule has 0 aromatic heterocycles. The molecule has 20 heavy (non-hydrogen) atoms. The van der Waals surface area contributed by atoms with Gasteiger partial charge in [0.25, 0.3) is 5.91 Å². The van der Waals surface area contributed by atoms with E-state index >= 15 is 0 Å². The Morgan fingerprint density at radius 3 is 3.00 bits per heavy atom. The molecule has 0 bridgehead atoms. The fraction of sp³-hybridized carbons (Fsp3) is 0.562. The minimum absolute atomic E-state index is 0.222. The summed E-state index contributed by atoms with van der Waals surface area (Å²) in [6, 6.07) is 6.43. The van der Waals surface area contributed by atoms with Crippen LogP contribution in [-0.4, -0.2) is 36.5 Å². The molecule has 0 radical (unpaired) electrons. The van der Waals surface area contributed by atoms with E-state index in [2.05, 4.69) is 52.7 Å². The van der Waals surface area contributed by atoms with Crippen LogP contribution in [0.15, 0.2) is 18.2 Å². The van der Waals surface area contributed by atoms with Crippen molar-refractivity contribution in [3.05, 3.63) is 32.9 Å². The molecule has 2 aliphatic heterocycles. The Kier molecular flexibility index (Phi) is 4.04. The number of likely N-dealkylation sites (tertiary alicyclic amines) is 1. The molecule has 2 heterocycles. The lowest BCUT2D eigenvalue weighted by Crippen LogP contribution is -2.39. The Balaban J connectivity index is 1.89. The molecule has 0 saturated carbocycles. The van der Waals surface area contributed by atoms with Crippen molar-refractivity contribution in [1.82, 2.24) is 10.2 Å². The first-order valence-corrected chi connectivity index (χ1v) is 8.48. The minimum atomic E-state index is 0.222. The molecule has 1 aromatic rings. The second-order valence-electron chi connectivity index (χ2n) is 5.95. The summed E-state index contributed by atoms with van der Waals surface area (Å²) < 4.78 is 1.10. The Hall–Kier alpha value is -0.620. The van der Waals surface area contributed by atoms with Gasteiger partial charge in [0.1, 0.15) is 0 Å². The average molecular weight is 384 g/mol. The zero-order valence-corrected chi connectivity index (χ0v) is 14.2. The molecule has 3 nitrogen and oxygen atoms in total. The molecular weight excluding hydrogens is 363 g/mol. The van der Waals surface area contributed by atoms with E-state index in [1.807, 2.05) is 12.1 Å². The van der Waals surface area contributed by atoms with E-state index < -0.39 is 0 Å². The molecule has 1 amide bonds. The third-order valence-corrected chi connectivity index (χ3v) is 6.25. The summed E-state index contributed by atoms with van der Waals surface area (Å²) in [6.45, 7) is 7.32. The van der Waals surface area contributed by atoms with Crippen LogP contribution >= 0.6 is 22.6 Å². The highest BCUT2D eigenvalue weighted by Crippen LogP contribution is 2.35. The van der Waals surface area contributed by atoms with Crippen LogP contribution in [0.4, 0.5) is 0 Å². The molecule has 1 aromatic carbocycles. The van der Waals surface area contributed by atoms with Crippen LogP contribution < -0.4 is 5.32 Å². The summed E-state index contributed by atoms with van der Waals surface area (Å²) in [5, 5.41) is 3.47. The number of hydrogen-bond donors (Lipinski definition) is 1. The predicted octanol–water partition coefficient (Wildman–Crippen LogP) is 2.67. The maximum Gasteiger partial charge on any atom is 0.255 e. The lowest BCUT2D eigenvalue weighted by Gasteiger charge is -2.27. The van der Waals surface area contributed by atoms with E-state index in [0.717, 1.165) is 35.2 Å². The fourth-order valence-electron chi connectivity index (χ4n) is 3.75. The van der Waals surface area contributed by atoms with E-state index in [9.17, 15) is 4.79 Å². The van der Waals surface area contributed by atoms with Gasteiger partial charge in [-0.2, -0.15) is 0 Å². The molecule has 4 heteroatoms. The van der Waals surface area contributed by atoms with Gasteiger partial charge in [0.15, 0.2) is 0 Å². The molecule has 3 atom stereocenters. The average Bonchev–Trinajstić information content (AvgIpc) is 3.01. The summed E-state index contributed by atoms with van der Waals surface area (Å²) in [4.78, 5) is 15.1. The number of hydrogen-bond acceptors (Lipinski definition) is 2. The van der Waals surface area contributed by atoms with Crippen molar-refractivity contribution in [1.29, 1.82) is 0 Å². The zero-order chi connectivity index (χ0) is 14.3. The molecule has 0 aliphatic carbocycles. The second kappa shape index (κ2) is 5.64. The van der Waals surface area contributed by atoms with Crippen molar-refractivity contribution in [3.8, 4) is 0 Å². The number of rotatable bonds is 2. The summed E-state index contributed by atoms with van der Waals surface area (Å²) in [5.74, 6) is 1.51. The van der Waals surface area contributed by atoms with Crippen molar-refractivity contribution < 1.29 is 4.79 Å². The van der Waals surface area contributed by atoms with Crippen LogP contribution in [0.2, 0.25) is 0 Å². The Bertz CT molecular complexity index is 531. The molecule has 2 fully saturated rings. The van der Waals surface area contributed by atoms with Crippen molar-refractivity contribution in [2.75, 3.05) is 19.6 Å². The number of nitrogens with one attached hydrogen (secondary N) is 1. The van der Waals surface area contributed by atoms with Gasteiger partial charge in [0.05, 0.1) is 5.56 Å². The number of carbonyl (C=O) groups is 1. The maximum absolute atomic E-state index is 12.9. The smallest absolute Gasteiger partial charge is 0.255 e. The highest BCUT2D eigenvalue weighted by molar-refractivity contribution is 14.1. The van der Waals surface area contributed by atoms with E-state index in [1.54, 1.807) is 0 Å². The standard InChI is InChI=1S/C16H21IN2O/c1-3-14-13-8-18-7-11(13)9-19(14)16(20)12-6-4-5-10(2)15(12)17/h4-6,11,13-14,18H,3,7-9H2,1-2H3. The number of fused-ring (bicyclic) bond motifs is 1. The monoisotopic (exact) mass is 384 g/mol. The summed E-state index contributed by atoms with van der Waals surface area (Å²) in [7, 11) is 0. The maximum atomic E-state index is 12.9. The molecule has 1 N–H and O–H groups in total. The van der Waals surface area contributed by atoms with Crippen LogP contribution in [0, 0.1) is 22.3 Å². The highest BCUT2D eigenvalue weighted by Gasteiger charge is 2.45. The molecular formula is C16H21IN2O. The zero-order valence-electron chi connectivity index (χ0n) is 12.0. The number of nitrogens with zero attached hydrogens (tertiary/aromatic N) is 1. The molecule has 0 spiro atoms. The van der Waals surface area contributed by atoms with E-state index in [4.69, 9.17) is 0 Å². The topological polar surface area (TPSA) is 32.3 Å². The minimum Gasteiger partial charge on any atom is -0.335 e. The van der Waals surface area contributed by atoms with Crippen molar-refractivity contribution in [2.24, 2.45) is 11.8 Å². The Labute approximate surface area is 134 Å². The lowest BCUT2D eigenvalue weighted by atomic mass is 9.93. The van der Waals surface area contributed by atoms with E-state index in [1.165, 1.54) is 5.56 Å². The van der Waals surface area contributed by atoms with Crippen LogP contribution in [-0.2, 0) is 0 Å². The summed E-state index contributed by atoms with van der Waals surface area (Å²) >= 11 is 2.30. The van der Waals surface area contributed by atoms with Crippen LogP contribution in [0.25, 0.3) is 0 Å². The quantitative estimate of drug-likeness (QED) is 0.796. The molecule has 3 rings (SSSR count). The third-order valence-electron chi connectivity index (χ3n) is 4.82. The molecule has 108 valence electrons. The van der Waals surface area contributed by atoms with Gasteiger partial charge in [0, 0.05) is 29.2 Å². The first kappa shape index (κ1) is 14.3. The first-order valence-electron chi connectivity index (χ1n) is 7.40. The number of amides is 1. The van der Waals surface area contributed by atoms with Crippen LogP contribution in [0.3, 0.4) is 0 Å². The van der Waals surface area contributed by atoms with Gasteiger partial charge in [-0.05, 0) is 59.4 Å². The van der Waals surface area contributed by atoms with Crippen LogP contribution in [0.5, 0.6) is 0 Å². The first-order chi connectivity index (χ1) is 9.63.